The van der Waals surface area contributed by atoms with Crippen LogP contribution >= 0.6 is 15.9 Å². The van der Waals surface area contributed by atoms with Crippen LogP contribution in [0.3, 0.4) is 0 Å². The highest BCUT2D eigenvalue weighted by Crippen LogP contribution is 2.17. The lowest BCUT2D eigenvalue weighted by Gasteiger charge is -2.01. The fourth-order valence-electron chi connectivity index (χ4n) is 1.64. The van der Waals surface area contributed by atoms with E-state index in [1.165, 1.54) is 6.07 Å². The number of hydrogen-bond donors (Lipinski definition) is 0. The highest BCUT2D eigenvalue weighted by molar-refractivity contribution is 9.10. The van der Waals surface area contributed by atoms with Crippen molar-refractivity contribution in [3.63, 3.8) is 0 Å². The number of benzene rings is 2. The molecule has 2 rings (SSSR count). The number of ether oxygens (including phenoxy) is 1. The summed E-state index contributed by atoms with van der Waals surface area (Å²) >= 11 is 3.12. The van der Waals surface area contributed by atoms with Gasteiger partial charge in [-0.2, -0.15) is 0 Å². The van der Waals surface area contributed by atoms with Crippen LogP contribution in [-0.4, -0.2) is 18.8 Å². The minimum absolute atomic E-state index is 0.314. The van der Waals surface area contributed by atoms with Crippen molar-refractivity contribution in [2.24, 2.45) is 4.99 Å². The van der Waals surface area contributed by atoms with E-state index in [9.17, 15) is 9.18 Å². The minimum atomic E-state index is -0.351. The molecule has 0 fully saturated rings. The lowest BCUT2D eigenvalue weighted by Crippen LogP contribution is -2.03. The Labute approximate surface area is 130 Å². The molecule has 0 saturated heterocycles. The van der Waals surface area contributed by atoms with Crippen molar-refractivity contribution in [3.05, 3.63) is 63.9 Å². The number of carbonyl (C=O) groups excluding carboxylic acids is 1. The fraction of sp³-hybridized carbons (Fsp3) is 0.125. The zero-order chi connectivity index (χ0) is 15.2. The molecule has 2 aromatic carbocycles. The van der Waals surface area contributed by atoms with Crippen molar-refractivity contribution in [3.8, 4) is 0 Å². The normalized spacial score (nSPS) is 10.8. The molecule has 0 unspecified atom stereocenters. The Kier molecular flexibility index (Phi) is 5.22. The Hall–Kier alpha value is -2.01. The third-order valence-corrected chi connectivity index (χ3v) is 3.29. The molecule has 0 bridgehead atoms. The van der Waals surface area contributed by atoms with Gasteiger partial charge >= 0.3 is 5.97 Å². The fourth-order valence-corrected chi connectivity index (χ4v) is 2.04. The second kappa shape index (κ2) is 7.13. The Bertz CT molecular complexity index is 668. The first-order valence-corrected chi connectivity index (χ1v) is 7.15. The van der Waals surface area contributed by atoms with Crippen LogP contribution in [-0.2, 0) is 4.74 Å². The molecule has 0 aliphatic carbocycles. The SMILES string of the molecule is CCOC(=O)c1ccc(N=Cc2ccc(F)c(Br)c2)cc1. The molecule has 21 heavy (non-hydrogen) atoms. The molecule has 0 amide bonds. The number of nitrogens with zero attached hydrogens (tertiary/aromatic N) is 1. The van der Waals surface area contributed by atoms with Crippen LogP contribution in [0.1, 0.15) is 22.8 Å². The van der Waals surface area contributed by atoms with Gasteiger partial charge in [-0.1, -0.05) is 6.07 Å². The molecule has 2 aromatic rings. The zero-order valence-electron chi connectivity index (χ0n) is 11.3. The number of aliphatic imine (C=N–C) groups is 1. The molecule has 5 heteroatoms. The molecule has 0 N–H and O–H groups in total. The summed E-state index contributed by atoms with van der Waals surface area (Å²) in [4.78, 5) is 15.8. The number of halogens is 2. The molecule has 0 heterocycles. The van der Waals surface area contributed by atoms with Crippen LogP contribution in [0, 0.1) is 5.82 Å². The van der Waals surface area contributed by atoms with E-state index < -0.39 is 0 Å². The van der Waals surface area contributed by atoms with Gasteiger partial charge < -0.3 is 4.74 Å². The Balaban J connectivity index is 2.10. The zero-order valence-corrected chi connectivity index (χ0v) is 12.9. The molecule has 0 atom stereocenters. The molecule has 0 radical (unpaired) electrons. The van der Waals surface area contributed by atoms with Crippen molar-refractivity contribution in [1.82, 2.24) is 0 Å². The summed E-state index contributed by atoms with van der Waals surface area (Å²) in [5.41, 5.74) is 1.96. The molecule has 3 nitrogen and oxygen atoms in total. The summed E-state index contributed by atoms with van der Waals surface area (Å²) in [5.74, 6) is -0.665. The maximum absolute atomic E-state index is 13.1. The molecule has 0 saturated carbocycles. The second-order valence-electron chi connectivity index (χ2n) is 4.20. The Morgan fingerprint density at radius 3 is 2.62 bits per heavy atom. The largest absolute Gasteiger partial charge is 0.462 e. The Morgan fingerprint density at radius 2 is 2.00 bits per heavy atom. The van der Waals surface area contributed by atoms with Crippen LogP contribution in [0.25, 0.3) is 0 Å². The first kappa shape index (κ1) is 15.4. The number of rotatable bonds is 4. The third kappa shape index (κ3) is 4.23. The van der Waals surface area contributed by atoms with E-state index in [0.29, 0.717) is 22.3 Å². The molecule has 0 spiro atoms. The average molecular weight is 350 g/mol. The lowest BCUT2D eigenvalue weighted by molar-refractivity contribution is 0.0526. The second-order valence-corrected chi connectivity index (χ2v) is 5.05. The van der Waals surface area contributed by atoms with E-state index in [2.05, 4.69) is 20.9 Å². The summed E-state index contributed by atoms with van der Waals surface area (Å²) in [7, 11) is 0. The van der Waals surface area contributed by atoms with E-state index in [1.807, 2.05) is 0 Å². The van der Waals surface area contributed by atoms with Gasteiger partial charge in [0.25, 0.3) is 0 Å². The third-order valence-electron chi connectivity index (χ3n) is 2.68. The first-order valence-electron chi connectivity index (χ1n) is 6.36. The van der Waals surface area contributed by atoms with E-state index in [4.69, 9.17) is 4.74 Å². The summed E-state index contributed by atoms with van der Waals surface area (Å²) in [6.07, 6.45) is 1.63. The van der Waals surface area contributed by atoms with Gasteiger partial charge in [0.1, 0.15) is 5.82 Å². The topological polar surface area (TPSA) is 38.7 Å². The van der Waals surface area contributed by atoms with Gasteiger partial charge in [-0.3, -0.25) is 4.99 Å². The van der Waals surface area contributed by atoms with Crippen LogP contribution in [0.5, 0.6) is 0 Å². The number of esters is 1. The van der Waals surface area contributed by atoms with Crippen molar-refractivity contribution < 1.29 is 13.9 Å². The van der Waals surface area contributed by atoms with Gasteiger partial charge in [-0.25, -0.2) is 9.18 Å². The van der Waals surface area contributed by atoms with Crippen LogP contribution in [0.15, 0.2) is 51.9 Å². The molecule has 0 aliphatic rings. The summed E-state index contributed by atoms with van der Waals surface area (Å²) in [6.45, 7) is 2.11. The van der Waals surface area contributed by atoms with Gasteiger partial charge in [0.2, 0.25) is 0 Å². The van der Waals surface area contributed by atoms with Gasteiger partial charge in [0, 0.05) is 6.21 Å². The van der Waals surface area contributed by atoms with E-state index in [0.717, 1.165) is 5.56 Å². The van der Waals surface area contributed by atoms with Crippen LogP contribution < -0.4 is 0 Å². The molecule has 0 aliphatic heterocycles. The van der Waals surface area contributed by atoms with E-state index in [-0.39, 0.29) is 11.8 Å². The molecule has 108 valence electrons. The predicted octanol–water partition coefficient (Wildman–Crippen LogP) is 4.52. The highest BCUT2D eigenvalue weighted by Gasteiger charge is 2.05. The van der Waals surface area contributed by atoms with Gasteiger partial charge in [-0.15, -0.1) is 0 Å². The maximum atomic E-state index is 13.1. The number of carbonyl (C=O) groups is 1. The average Bonchev–Trinajstić information content (AvgIpc) is 2.49. The number of hydrogen-bond acceptors (Lipinski definition) is 3. The van der Waals surface area contributed by atoms with E-state index >= 15 is 0 Å². The summed E-state index contributed by atoms with van der Waals surface area (Å²) < 4.78 is 18.4. The summed E-state index contributed by atoms with van der Waals surface area (Å²) in [6, 6.07) is 11.4. The smallest absolute Gasteiger partial charge is 0.338 e. The van der Waals surface area contributed by atoms with E-state index in [1.54, 1.807) is 49.5 Å². The molecule has 0 aromatic heterocycles. The van der Waals surface area contributed by atoms with Crippen LogP contribution in [0.2, 0.25) is 0 Å². The van der Waals surface area contributed by atoms with Crippen LogP contribution in [0.4, 0.5) is 10.1 Å². The van der Waals surface area contributed by atoms with Crippen molar-refractivity contribution in [2.75, 3.05) is 6.61 Å². The van der Waals surface area contributed by atoms with Gasteiger partial charge in [0.05, 0.1) is 22.3 Å². The lowest BCUT2D eigenvalue weighted by atomic mass is 10.2. The van der Waals surface area contributed by atoms with Crippen molar-refractivity contribution >= 4 is 33.8 Å². The first-order chi connectivity index (χ1) is 10.1. The van der Waals surface area contributed by atoms with Crippen molar-refractivity contribution in [2.45, 2.75) is 6.92 Å². The standard InChI is InChI=1S/C16H13BrFNO2/c1-2-21-16(20)12-4-6-13(7-5-12)19-10-11-3-8-15(18)14(17)9-11/h3-10H,2H2,1H3. The quantitative estimate of drug-likeness (QED) is 0.601. The molecular formula is C16H13BrFNO2. The van der Waals surface area contributed by atoms with Gasteiger partial charge in [-0.05, 0) is 64.8 Å². The maximum Gasteiger partial charge on any atom is 0.338 e. The molecular weight excluding hydrogens is 337 g/mol. The van der Waals surface area contributed by atoms with Crippen molar-refractivity contribution in [1.29, 1.82) is 0 Å². The Morgan fingerprint density at radius 1 is 1.29 bits per heavy atom. The highest BCUT2D eigenvalue weighted by atomic mass is 79.9. The minimum Gasteiger partial charge on any atom is -0.462 e. The van der Waals surface area contributed by atoms with Gasteiger partial charge in [0.15, 0.2) is 0 Å². The summed E-state index contributed by atoms with van der Waals surface area (Å²) in [5, 5.41) is 0. The predicted molar refractivity (Wildman–Crippen MR) is 83.8 cm³/mol. The monoisotopic (exact) mass is 349 g/mol.